The zero-order chi connectivity index (χ0) is 22.7. The number of anilines is 1. The van der Waals surface area contributed by atoms with Crippen LogP contribution in [0.3, 0.4) is 0 Å². The van der Waals surface area contributed by atoms with Crippen molar-refractivity contribution in [2.75, 3.05) is 32.1 Å². The number of methoxy groups -OCH3 is 1. The van der Waals surface area contributed by atoms with E-state index in [9.17, 15) is 9.59 Å². The summed E-state index contributed by atoms with van der Waals surface area (Å²) in [5, 5.41) is 5.53. The summed E-state index contributed by atoms with van der Waals surface area (Å²) in [7, 11) is 1.40. The lowest BCUT2D eigenvalue weighted by atomic mass is 10.0. The minimum absolute atomic E-state index is 0.0550. The molecule has 0 saturated carbocycles. The maximum absolute atomic E-state index is 12.6. The van der Waals surface area contributed by atoms with E-state index < -0.39 is 0 Å². The van der Waals surface area contributed by atoms with Gasteiger partial charge in [0.25, 0.3) is 0 Å². The smallest absolute Gasteiger partial charge is 0.354 e. The van der Waals surface area contributed by atoms with Crippen LogP contribution in [0.5, 0.6) is 0 Å². The molecule has 0 atom stereocenters. The Morgan fingerprint density at radius 2 is 1.97 bits per heavy atom. The highest BCUT2D eigenvalue weighted by molar-refractivity contribution is 7.14. The van der Waals surface area contributed by atoms with Crippen molar-refractivity contribution in [3.8, 4) is 11.3 Å². The number of ether oxygens (including phenoxy) is 1. The highest BCUT2D eigenvalue weighted by Gasteiger charge is 2.25. The molecule has 1 aliphatic rings. The second-order valence-electron chi connectivity index (χ2n) is 8.18. The van der Waals surface area contributed by atoms with Gasteiger partial charge in [0.1, 0.15) is 5.69 Å². The zero-order valence-electron chi connectivity index (χ0n) is 18.6. The number of aryl methyl sites for hydroxylation is 2. The maximum atomic E-state index is 12.6. The van der Waals surface area contributed by atoms with Crippen molar-refractivity contribution in [1.82, 2.24) is 14.5 Å². The van der Waals surface area contributed by atoms with Gasteiger partial charge in [0.15, 0.2) is 5.13 Å². The summed E-state index contributed by atoms with van der Waals surface area (Å²) in [4.78, 5) is 31.2. The Balaban J connectivity index is 1.30. The van der Waals surface area contributed by atoms with Crippen molar-refractivity contribution in [2.24, 2.45) is 0 Å². The number of esters is 1. The zero-order valence-corrected chi connectivity index (χ0v) is 19.4. The van der Waals surface area contributed by atoms with Crippen LogP contribution in [-0.4, -0.2) is 53.1 Å². The highest BCUT2D eigenvalue weighted by Crippen LogP contribution is 2.27. The third-order valence-corrected chi connectivity index (χ3v) is 6.80. The molecule has 3 aromatic rings. The fourth-order valence-electron chi connectivity index (χ4n) is 4.07. The summed E-state index contributed by atoms with van der Waals surface area (Å²) in [5.41, 5.74) is 4.99. The lowest BCUT2D eigenvalue weighted by Gasteiger charge is -2.32. The van der Waals surface area contributed by atoms with E-state index in [-0.39, 0.29) is 17.9 Å². The van der Waals surface area contributed by atoms with Crippen LogP contribution in [0.25, 0.3) is 11.3 Å². The molecule has 0 radical (unpaired) electrons. The normalized spacial score (nSPS) is 15.0. The quantitative estimate of drug-likeness (QED) is 0.565. The van der Waals surface area contributed by atoms with Crippen molar-refractivity contribution in [3.05, 3.63) is 58.7 Å². The molecule has 168 valence electrons. The van der Waals surface area contributed by atoms with E-state index in [1.807, 2.05) is 22.2 Å². The summed E-state index contributed by atoms with van der Waals surface area (Å²) >= 11 is 1.44. The fourth-order valence-corrected chi connectivity index (χ4v) is 4.81. The van der Waals surface area contributed by atoms with E-state index in [2.05, 4.69) is 47.2 Å². The molecule has 0 aliphatic carbocycles. The second-order valence-corrected chi connectivity index (χ2v) is 9.04. The molecule has 0 unspecified atom stereocenters. The lowest BCUT2D eigenvalue weighted by molar-refractivity contribution is -0.117. The van der Waals surface area contributed by atoms with E-state index in [4.69, 9.17) is 4.74 Å². The Bertz CT molecular complexity index is 1110. The molecule has 0 spiro atoms. The van der Waals surface area contributed by atoms with Crippen molar-refractivity contribution in [2.45, 2.75) is 32.7 Å². The first kappa shape index (κ1) is 22.2. The van der Waals surface area contributed by atoms with Gasteiger partial charge in [-0.3, -0.25) is 9.69 Å². The number of aromatic nitrogens is 2. The van der Waals surface area contributed by atoms with E-state index in [0.717, 1.165) is 37.2 Å². The Morgan fingerprint density at radius 1 is 1.19 bits per heavy atom. The SMILES string of the molecule is COC(=O)c1cccn1C1CCN(CC(=O)Nc2nc(-c3ccc(C)c(C)c3)cs2)CC1. The van der Waals surface area contributed by atoms with Crippen LogP contribution in [0.2, 0.25) is 0 Å². The van der Waals surface area contributed by atoms with Gasteiger partial charge >= 0.3 is 5.97 Å². The van der Waals surface area contributed by atoms with E-state index >= 15 is 0 Å². The van der Waals surface area contributed by atoms with Gasteiger partial charge in [0, 0.05) is 36.3 Å². The lowest BCUT2D eigenvalue weighted by Crippen LogP contribution is -2.40. The van der Waals surface area contributed by atoms with Gasteiger partial charge in [-0.25, -0.2) is 9.78 Å². The molecular weight excluding hydrogens is 424 g/mol. The molecule has 1 aromatic carbocycles. The second kappa shape index (κ2) is 9.67. The summed E-state index contributed by atoms with van der Waals surface area (Å²) in [6.07, 6.45) is 3.68. The molecule has 32 heavy (non-hydrogen) atoms. The first-order valence-corrected chi connectivity index (χ1v) is 11.6. The van der Waals surface area contributed by atoms with E-state index in [0.29, 0.717) is 17.4 Å². The van der Waals surface area contributed by atoms with Crippen LogP contribution < -0.4 is 5.32 Å². The molecule has 1 saturated heterocycles. The number of thiazole rings is 1. The van der Waals surface area contributed by atoms with E-state index in [1.54, 1.807) is 6.07 Å². The van der Waals surface area contributed by atoms with Gasteiger partial charge in [-0.2, -0.15) is 0 Å². The standard InChI is InChI=1S/C24H28N4O3S/c1-16-6-7-18(13-17(16)2)20-15-32-24(25-20)26-22(29)14-27-11-8-19(9-12-27)28-10-4-5-21(28)23(30)31-3/h4-7,10,13,15,19H,8-9,11-12,14H2,1-3H3,(H,25,26,29). The van der Waals surface area contributed by atoms with Gasteiger partial charge in [0.05, 0.1) is 19.3 Å². The van der Waals surface area contributed by atoms with Crippen LogP contribution in [0.1, 0.15) is 40.5 Å². The number of hydrogen-bond donors (Lipinski definition) is 1. The highest BCUT2D eigenvalue weighted by atomic mass is 32.1. The van der Waals surface area contributed by atoms with Crippen LogP contribution >= 0.6 is 11.3 Å². The molecule has 7 nitrogen and oxygen atoms in total. The van der Waals surface area contributed by atoms with Gasteiger partial charge in [0.2, 0.25) is 5.91 Å². The number of nitrogens with zero attached hydrogens (tertiary/aromatic N) is 3. The van der Waals surface area contributed by atoms with Crippen LogP contribution in [0.4, 0.5) is 5.13 Å². The number of hydrogen-bond acceptors (Lipinski definition) is 6. The number of nitrogens with one attached hydrogen (secondary N) is 1. The minimum Gasteiger partial charge on any atom is -0.464 e. The Morgan fingerprint density at radius 3 is 2.69 bits per heavy atom. The number of amides is 1. The van der Waals surface area contributed by atoms with Gasteiger partial charge in [-0.15, -0.1) is 11.3 Å². The van der Waals surface area contributed by atoms with Crippen molar-refractivity contribution >= 4 is 28.3 Å². The molecular formula is C24H28N4O3S. The van der Waals surface area contributed by atoms with Crippen LogP contribution in [0.15, 0.2) is 41.9 Å². The molecule has 8 heteroatoms. The first-order chi connectivity index (χ1) is 15.4. The van der Waals surface area contributed by atoms with Gasteiger partial charge in [-0.1, -0.05) is 12.1 Å². The predicted molar refractivity (Wildman–Crippen MR) is 126 cm³/mol. The predicted octanol–water partition coefficient (Wildman–Crippen LogP) is 4.29. The molecule has 2 aromatic heterocycles. The molecule has 0 bridgehead atoms. The molecule has 1 amide bonds. The molecule has 1 fully saturated rings. The largest absolute Gasteiger partial charge is 0.464 e. The molecule has 3 heterocycles. The Kier molecular flexibility index (Phi) is 6.72. The molecule has 1 aliphatic heterocycles. The van der Waals surface area contributed by atoms with Crippen LogP contribution in [0, 0.1) is 13.8 Å². The molecule has 1 N–H and O–H groups in total. The average Bonchev–Trinajstić information content (AvgIpc) is 3.45. The van der Waals surface area contributed by atoms with Crippen molar-refractivity contribution in [1.29, 1.82) is 0 Å². The summed E-state index contributed by atoms with van der Waals surface area (Å²) in [6.45, 7) is 6.10. The van der Waals surface area contributed by atoms with E-state index in [1.165, 1.54) is 29.6 Å². The first-order valence-electron chi connectivity index (χ1n) is 10.7. The third-order valence-electron chi connectivity index (χ3n) is 6.04. The third kappa shape index (κ3) is 4.92. The Labute approximate surface area is 192 Å². The van der Waals surface area contributed by atoms with Crippen LogP contribution in [-0.2, 0) is 9.53 Å². The topological polar surface area (TPSA) is 76.5 Å². The number of rotatable bonds is 6. The maximum Gasteiger partial charge on any atom is 0.354 e. The number of likely N-dealkylation sites (tertiary alicyclic amines) is 1. The number of benzene rings is 1. The summed E-state index contributed by atoms with van der Waals surface area (Å²) in [5.74, 6) is -0.374. The number of piperidine rings is 1. The fraction of sp³-hybridized carbons (Fsp3) is 0.375. The number of carbonyl (C=O) groups excluding carboxylic acids is 2. The summed E-state index contributed by atoms with van der Waals surface area (Å²) < 4.78 is 6.86. The summed E-state index contributed by atoms with van der Waals surface area (Å²) in [6, 6.07) is 10.2. The van der Waals surface area contributed by atoms with Crippen molar-refractivity contribution < 1.29 is 14.3 Å². The number of carbonyl (C=O) groups is 2. The Hall–Kier alpha value is -2.97. The van der Waals surface area contributed by atoms with Gasteiger partial charge in [-0.05, 0) is 56.0 Å². The van der Waals surface area contributed by atoms with Crippen molar-refractivity contribution in [3.63, 3.8) is 0 Å². The average molecular weight is 453 g/mol. The molecule has 4 rings (SSSR count). The minimum atomic E-state index is -0.319. The van der Waals surface area contributed by atoms with Gasteiger partial charge < -0.3 is 14.6 Å². The monoisotopic (exact) mass is 452 g/mol.